The van der Waals surface area contributed by atoms with Crippen LogP contribution in [0, 0.1) is 13.8 Å². The molecule has 0 bridgehead atoms. The molecule has 2 atom stereocenters. The van der Waals surface area contributed by atoms with Crippen LogP contribution >= 0.6 is 11.6 Å². The van der Waals surface area contributed by atoms with Gasteiger partial charge in [-0.25, -0.2) is 8.42 Å². The van der Waals surface area contributed by atoms with Gasteiger partial charge in [0, 0.05) is 12.6 Å². The first-order valence-electron chi connectivity index (χ1n) is 14.2. The van der Waals surface area contributed by atoms with Crippen molar-refractivity contribution in [2.24, 2.45) is 0 Å². The molecule has 2 amide bonds. The first kappa shape index (κ1) is 34.9. The highest BCUT2D eigenvalue weighted by atomic mass is 35.5. The Kier molecular flexibility index (Phi) is 11.5. The SMILES string of the molecule is CC[C@@H](C)NC(=O)[C@@H](CC)N(Cc1ccc(C)cc1)C(=O)CN(c1ccc(Cl)c(C(F)(F)F)c1)S(=O)(=O)c1ccc(C)cc1. The average molecular weight is 652 g/mol. The molecule has 44 heavy (non-hydrogen) atoms. The van der Waals surface area contributed by atoms with Crippen LogP contribution < -0.4 is 9.62 Å². The molecule has 0 aliphatic carbocycles. The standard InChI is InChI=1S/C32H37ClF3N3O4S/c1-6-23(5)37-31(41)29(7-2)38(19-24-12-8-21(3)9-13-24)30(40)20-39(44(42,43)26-15-10-22(4)11-16-26)25-14-17-28(33)27(18-25)32(34,35)36/h8-18,23,29H,6-7,19-20H2,1-5H3,(H,37,41)/t23-,29-/m1/s1. The number of amides is 2. The summed E-state index contributed by atoms with van der Waals surface area (Å²) in [5.41, 5.74) is 0.788. The van der Waals surface area contributed by atoms with E-state index in [0.29, 0.717) is 22.4 Å². The third kappa shape index (κ3) is 8.53. The maximum Gasteiger partial charge on any atom is 0.417 e. The highest BCUT2D eigenvalue weighted by Gasteiger charge is 2.37. The van der Waals surface area contributed by atoms with E-state index in [1.807, 2.05) is 32.9 Å². The number of hydrogen-bond acceptors (Lipinski definition) is 4. The van der Waals surface area contributed by atoms with Crippen LogP contribution in [0.1, 0.15) is 55.9 Å². The molecule has 0 aliphatic rings. The zero-order chi connectivity index (χ0) is 32.8. The van der Waals surface area contributed by atoms with Crippen molar-refractivity contribution < 1.29 is 31.2 Å². The number of aryl methyl sites for hydroxylation is 2. The van der Waals surface area contributed by atoms with Gasteiger partial charge in [-0.2, -0.15) is 13.2 Å². The summed E-state index contributed by atoms with van der Waals surface area (Å²) < 4.78 is 70.0. The van der Waals surface area contributed by atoms with Crippen molar-refractivity contribution in [2.75, 3.05) is 10.8 Å². The minimum atomic E-state index is -4.88. The number of carbonyl (C=O) groups excluding carboxylic acids is 2. The van der Waals surface area contributed by atoms with Crippen molar-refractivity contribution in [3.63, 3.8) is 0 Å². The van der Waals surface area contributed by atoms with Crippen LogP contribution in [-0.2, 0) is 32.3 Å². The lowest BCUT2D eigenvalue weighted by Crippen LogP contribution is -2.53. The monoisotopic (exact) mass is 651 g/mol. The highest BCUT2D eigenvalue weighted by molar-refractivity contribution is 7.92. The van der Waals surface area contributed by atoms with Gasteiger partial charge >= 0.3 is 6.18 Å². The van der Waals surface area contributed by atoms with Gasteiger partial charge in [0.2, 0.25) is 11.8 Å². The number of carbonyl (C=O) groups is 2. The Morgan fingerprint density at radius 1 is 0.909 bits per heavy atom. The number of nitrogens with zero attached hydrogens (tertiary/aromatic N) is 2. The topological polar surface area (TPSA) is 86.8 Å². The Labute approximate surface area is 262 Å². The first-order valence-corrected chi connectivity index (χ1v) is 16.0. The third-order valence-electron chi connectivity index (χ3n) is 7.29. The van der Waals surface area contributed by atoms with Crippen molar-refractivity contribution in [2.45, 2.75) is 77.2 Å². The van der Waals surface area contributed by atoms with Gasteiger partial charge in [0.05, 0.1) is 21.2 Å². The summed E-state index contributed by atoms with van der Waals surface area (Å²) in [5, 5.41) is 2.27. The van der Waals surface area contributed by atoms with Crippen LogP contribution in [0.2, 0.25) is 5.02 Å². The fourth-order valence-electron chi connectivity index (χ4n) is 4.50. The van der Waals surface area contributed by atoms with Gasteiger partial charge in [0.1, 0.15) is 12.6 Å². The van der Waals surface area contributed by atoms with E-state index < -0.39 is 56.9 Å². The number of sulfonamides is 1. The zero-order valence-electron chi connectivity index (χ0n) is 25.3. The molecule has 0 unspecified atom stereocenters. The molecule has 3 aromatic rings. The second-order valence-electron chi connectivity index (χ2n) is 10.7. The van der Waals surface area contributed by atoms with Crippen molar-refractivity contribution in [3.05, 3.63) is 94.0 Å². The van der Waals surface area contributed by atoms with Gasteiger partial charge in [-0.05, 0) is 69.5 Å². The zero-order valence-corrected chi connectivity index (χ0v) is 26.9. The molecule has 0 aromatic heterocycles. The van der Waals surface area contributed by atoms with Gasteiger partial charge in [-0.15, -0.1) is 0 Å². The van der Waals surface area contributed by atoms with E-state index in [1.165, 1.54) is 17.0 Å². The van der Waals surface area contributed by atoms with Crippen LogP contribution in [-0.4, -0.2) is 43.8 Å². The van der Waals surface area contributed by atoms with Crippen LogP contribution in [0.25, 0.3) is 0 Å². The fourth-order valence-corrected chi connectivity index (χ4v) is 6.13. The van der Waals surface area contributed by atoms with Gasteiger partial charge in [0.15, 0.2) is 0 Å². The molecule has 3 rings (SSSR count). The summed E-state index contributed by atoms with van der Waals surface area (Å²) in [5.74, 6) is -1.18. The lowest BCUT2D eigenvalue weighted by molar-refractivity contribution is -0.140. The number of benzene rings is 3. The summed E-state index contributed by atoms with van der Waals surface area (Å²) >= 11 is 5.83. The maximum absolute atomic E-state index is 14.1. The van der Waals surface area contributed by atoms with Gasteiger partial charge in [-0.1, -0.05) is 73.0 Å². The Morgan fingerprint density at radius 3 is 2.00 bits per heavy atom. The van der Waals surface area contributed by atoms with Crippen molar-refractivity contribution in [1.29, 1.82) is 0 Å². The molecular formula is C32H37ClF3N3O4S. The number of rotatable bonds is 12. The van der Waals surface area contributed by atoms with Gasteiger partial charge < -0.3 is 10.2 Å². The molecule has 0 aliphatic heterocycles. The predicted octanol–water partition coefficient (Wildman–Crippen LogP) is 6.89. The summed E-state index contributed by atoms with van der Waals surface area (Å²) in [6, 6.07) is 14.5. The predicted molar refractivity (Wildman–Crippen MR) is 166 cm³/mol. The number of halogens is 4. The Balaban J connectivity index is 2.15. The Morgan fingerprint density at radius 2 is 1.48 bits per heavy atom. The molecule has 0 heterocycles. The summed E-state index contributed by atoms with van der Waals surface area (Å²) in [6.45, 7) is 8.21. The molecule has 238 valence electrons. The first-order chi connectivity index (χ1) is 20.6. The molecule has 0 radical (unpaired) electrons. The van der Waals surface area contributed by atoms with Crippen LogP contribution in [0.15, 0.2) is 71.6 Å². The van der Waals surface area contributed by atoms with Crippen molar-refractivity contribution >= 4 is 39.1 Å². The third-order valence-corrected chi connectivity index (χ3v) is 9.41. The van der Waals surface area contributed by atoms with Crippen LogP contribution in [0.4, 0.5) is 18.9 Å². The molecule has 0 spiro atoms. The molecule has 7 nitrogen and oxygen atoms in total. The van der Waals surface area contributed by atoms with E-state index in [2.05, 4.69) is 5.32 Å². The molecule has 12 heteroatoms. The maximum atomic E-state index is 14.1. The minimum absolute atomic E-state index is 0.0294. The smallest absolute Gasteiger partial charge is 0.352 e. The van der Waals surface area contributed by atoms with Crippen LogP contribution in [0.5, 0.6) is 0 Å². The lowest BCUT2D eigenvalue weighted by atomic mass is 10.1. The summed E-state index contributed by atoms with van der Waals surface area (Å²) in [7, 11) is -4.55. The van der Waals surface area contributed by atoms with E-state index in [0.717, 1.165) is 23.3 Å². The van der Waals surface area contributed by atoms with E-state index in [1.54, 1.807) is 38.1 Å². The summed E-state index contributed by atoms with van der Waals surface area (Å²) in [4.78, 5) is 28.5. The van der Waals surface area contributed by atoms with Crippen LogP contribution in [0.3, 0.4) is 0 Å². The second-order valence-corrected chi connectivity index (χ2v) is 13.0. The molecule has 1 N–H and O–H groups in total. The highest BCUT2D eigenvalue weighted by Crippen LogP contribution is 2.38. The fraction of sp³-hybridized carbons (Fsp3) is 0.375. The normalized spacial score (nSPS) is 13.2. The van der Waals surface area contributed by atoms with Gasteiger partial charge in [-0.3, -0.25) is 13.9 Å². The van der Waals surface area contributed by atoms with Crippen molar-refractivity contribution in [1.82, 2.24) is 10.2 Å². The Bertz CT molecular complexity index is 1560. The molecule has 0 fully saturated rings. The largest absolute Gasteiger partial charge is 0.417 e. The molecule has 3 aromatic carbocycles. The minimum Gasteiger partial charge on any atom is -0.352 e. The second kappa shape index (κ2) is 14.5. The molecule has 0 saturated carbocycles. The number of nitrogens with one attached hydrogen (secondary N) is 1. The number of alkyl halides is 3. The van der Waals surface area contributed by atoms with E-state index in [9.17, 15) is 31.2 Å². The van der Waals surface area contributed by atoms with E-state index >= 15 is 0 Å². The van der Waals surface area contributed by atoms with E-state index in [-0.39, 0.29) is 23.9 Å². The quantitative estimate of drug-likeness (QED) is 0.231. The lowest BCUT2D eigenvalue weighted by Gasteiger charge is -2.34. The van der Waals surface area contributed by atoms with Gasteiger partial charge in [0.25, 0.3) is 10.0 Å². The van der Waals surface area contributed by atoms with Crippen molar-refractivity contribution in [3.8, 4) is 0 Å². The number of hydrogen-bond donors (Lipinski definition) is 1. The Hall–Kier alpha value is -3.57. The molecule has 0 saturated heterocycles. The number of anilines is 1. The average Bonchev–Trinajstić information content (AvgIpc) is 2.96. The molecular weight excluding hydrogens is 615 g/mol. The summed E-state index contributed by atoms with van der Waals surface area (Å²) in [6.07, 6.45) is -4.02. The van der Waals surface area contributed by atoms with E-state index in [4.69, 9.17) is 11.6 Å².